The molecule has 2 rings (SSSR count). The maximum atomic E-state index is 12.3. The van der Waals surface area contributed by atoms with Gasteiger partial charge in [-0.25, -0.2) is 4.79 Å². The summed E-state index contributed by atoms with van der Waals surface area (Å²) in [7, 11) is 0. The minimum atomic E-state index is -1.07. The van der Waals surface area contributed by atoms with Crippen molar-refractivity contribution < 1.29 is 14.7 Å². The SMILES string of the molecule is O=C(O)CN(C(=O)Nc1ccc(I)cc1)c1ccccc1. The molecule has 0 unspecified atom stereocenters. The van der Waals surface area contributed by atoms with Crippen LogP contribution in [0.25, 0.3) is 0 Å². The van der Waals surface area contributed by atoms with E-state index in [1.807, 2.05) is 12.1 Å². The molecule has 0 bridgehead atoms. The van der Waals surface area contributed by atoms with Gasteiger partial charge in [0, 0.05) is 14.9 Å². The van der Waals surface area contributed by atoms with E-state index in [-0.39, 0.29) is 0 Å². The van der Waals surface area contributed by atoms with Gasteiger partial charge in [0.1, 0.15) is 6.54 Å². The number of nitrogens with zero attached hydrogens (tertiary/aromatic N) is 1. The van der Waals surface area contributed by atoms with Crippen LogP contribution in [-0.2, 0) is 4.79 Å². The number of hydrogen-bond donors (Lipinski definition) is 2. The van der Waals surface area contributed by atoms with E-state index in [1.54, 1.807) is 42.5 Å². The summed E-state index contributed by atoms with van der Waals surface area (Å²) in [5.41, 5.74) is 1.15. The molecule has 0 heterocycles. The number of nitrogens with one attached hydrogen (secondary N) is 1. The van der Waals surface area contributed by atoms with Crippen LogP contribution >= 0.6 is 22.6 Å². The number of carboxylic acids is 1. The summed E-state index contributed by atoms with van der Waals surface area (Å²) in [6.45, 7) is -0.403. The number of halogens is 1. The van der Waals surface area contributed by atoms with Crippen LogP contribution in [0.15, 0.2) is 54.6 Å². The third-order valence-electron chi connectivity index (χ3n) is 2.70. The number of hydrogen-bond acceptors (Lipinski definition) is 2. The number of para-hydroxylation sites is 1. The van der Waals surface area contributed by atoms with Gasteiger partial charge in [-0.2, -0.15) is 0 Å². The van der Waals surface area contributed by atoms with Gasteiger partial charge < -0.3 is 10.4 Å². The molecule has 108 valence electrons. The van der Waals surface area contributed by atoms with Gasteiger partial charge in [-0.05, 0) is 59.0 Å². The Morgan fingerprint density at radius 3 is 2.24 bits per heavy atom. The van der Waals surface area contributed by atoms with Crippen molar-refractivity contribution in [2.75, 3.05) is 16.8 Å². The van der Waals surface area contributed by atoms with Crippen LogP contribution in [0.5, 0.6) is 0 Å². The largest absolute Gasteiger partial charge is 0.480 e. The average molecular weight is 396 g/mol. The van der Waals surface area contributed by atoms with Gasteiger partial charge in [-0.3, -0.25) is 9.69 Å². The van der Waals surface area contributed by atoms with E-state index >= 15 is 0 Å². The predicted molar refractivity (Wildman–Crippen MR) is 89.6 cm³/mol. The second-order valence-corrected chi connectivity index (χ2v) is 5.50. The molecule has 0 saturated carbocycles. The van der Waals surface area contributed by atoms with Crippen molar-refractivity contribution in [2.45, 2.75) is 0 Å². The molecule has 6 heteroatoms. The molecule has 0 spiro atoms. The smallest absolute Gasteiger partial charge is 0.326 e. The number of carboxylic acid groups (broad SMARTS) is 1. The Balaban J connectivity index is 2.18. The fourth-order valence-corrected chi connectivity index (χ4v) is 2.11. The van der Waals surface area contributed by atoms with Gasteiger partial charge in [0.25, 0.3) is 0 Å². The van der Waals surface area contributed by atoms with Crippen LogP contribution in [-0.4, -0.2) is 23.7 Å². The topological polar surface area (TPSA) is 69.6 Å². The molecule has 2 aromatic rings. The molecule has 2 amide bonds. The minimum absolute atomic E-state index is 0.403. The van der Waals surface area contributed by atoms with Crippen LogP contribution in [0, 0.1) is 3.57 Å². The molecule has 0 aliphatic heterocycles. The van der Waals surface area contributed by atoms with E-state index in [0.29, 0.717) is 11.4 Å². The van der Waals surface area contributed by atoms with Crippen LogP contribution in [0.3, 0.4) is 0 Å². The monoisotopic (exact) mass is 396 g/mol. The number of aliphatic carboxylic acids is 1. The van der Waals surface area contributed by atoms with Crippen LogP contribution in [0.4, 0.5) is 16.2 Å². The number of anilines is 2. The van der Waals surface area contributed by atoms with E-state index in [2.05, 4.69) is 27.9 Å². The summed E-state index contributed by atoms with van der Waals surface area (Å²) in [5, 5.41) is 11.7. The molecular formula is C15H13IN2O3. The van der Waals surface area contributed by atoms with Crippen molar-refractivity contribution in [1.29, 1.82) is 0 Å². The van der Waals surface area contributed by atoms with E-state index in [9.17, 15) is 9.59 Å². The molecule has 2 N–H and O–H groups in total. The number of carbonyl (C=O) groups excluding carboxylic acids is 1. The highest BCUT2D eigenvalue weighted by atomic mass is 127. The Labute approximate surface area is 135 Å². The summed E-state index contributed by atoms with van der Waals surface area (Å²) in [4.78, 5) is 24.4. The lowest BCUT2D eigenvalue weighted by Gasteiger charge is -2.21. The van der Waals surface area contributed by atoms with Gasteiger partial charge in [-0.1, -0.05) is 18.2 Å². The Bertz CT molecular complexity index is 629. The van der Waals surface area contributed by atoms with Gasteiger partial charge in [0.15, 0.2) is 0 Å². The predicted octanol–water partition coefficient (Wildman–Crippen LogP) is 3.41. The lowest BCUT2D eigenvalue weighted by Crippen LogP contribution is -2.38. The molecule has 0 aliphatic carbocycles. The van der Waals surface area contributed by atoms with Crippen molar-refractivity contribution in [3.8, 4) is 0 Å². The fourth-order valence-electron chi connectivity index (χ4n) is 1.75. The lowest BCUT2D eigenvalue weighted by molar-refractivity contribution is -0.135. The summed E-state index contributed by atoms with van der Waals surface area (Å²) >= 11 is 2.17. The molecule has 0 atom stereocenters. The zero-order valence-electron chi connectivity index (χ0n) is 11.0. The van der Waals surface area contributed by atoms with Gasteiger partial charge in [-0.15, -0.1) is 0 Å². The molecule has 21 heavy (non-hydrogen) atoms. The Kier molecular flexibility index (Phi) is 5.15. The molecule has 2 aromatic carbocycles. The van der Waals surface area contributed by atoms with Crippen LogP contribution in [0.1, 0.15) is 0 Å². The first-order valence-corrected chi connectivity index (χ1v) is 7.25. The summed E-state index contributed by atoms with van der Waals surface area (Å²) in [5.74, 6) is -1.07. The standard InChI is InChI=1S/C15H13IN2O3/c16-11-6-8-12(9-7-11)17-15(21)18(10-14(19)20)13-4-2-1-3-5-13/h1-9H,10H2,(H,17,21)(H,19,20). The van der Waals surface area contributed by atoms with E-state index in [0.717, 1.165) is 3.57 Å². The average Bonchev–Trinajstić information content (AvgIpc) is 2.48. The van der Waals surface area contributed by atoms with Crippen molar-refractivity contribution in [3.05, 3.63) is 58.2 Å². The molecule has 0 fully saturated rings. The van der Waals surface area contributed by atoms with Crippen LogP contribution in [0.2, 0.25) is 0 Å². The normalized spacial score (nSPS) is 9.95. The van der Waals surface area contributed by atoms with E-state index in [4.69, 9.17) is 5.11 Å². The van der Waals surface area contributed by atoms with E-state index < -0.39 is 18.5 Å². The first kappa shape index (κ1) is 15.3. The maximum absolute atomic E-state index is 12.3. The quantitative estimate of drug-likeness (QED) is 0.779. The highest BCUT2D eigenvalue weighted by molar-refractivity contribution is 14.1. The lowest BCUT2D eigenvalue weighted by atomic mass is 10.3. The van der Waals surface area contributed by atoms with Gasteiger partial charge in [0.05, 0.1) is 0 Å². The van der Waals surface area contributed by atoms with Crippen LogP contribution < -0.4 is 10.2 Å². The molecular weight excluding hydrogens is 383 g/mol. The number of benzene rings is 2. The first-order valence-electron chi connectivity index (χ1n) is 6.17. The molecule has 0 radical (unpaired) electrons. The van der Waals surface area contributed by atoms with Crippen molar-refractivity contribution >= 4 is 46.0 Å². The summed E-state index contributed by atoms with van der Waals surface area (Å²) < 4.78 is 1.05. The second-order valence-electron chi connectivity index (χ2n) is 4.25. The second kappa shape index (κ2) is 7.07. The fraction of sp³-hybridized carbons (Fsp3) is 0.0667. The molecule has 0 aliphatic rings. The third-order valence-corrected chi connectivity index (χ3v) is 3.42. The number of carbonyl (C=O) groups is 2. The van der Waals surface area contributed by atoms with Crippen molar-refractivity contribution in [1.82, 2.24) is 0 Å². The third kappa shape index (κ3) is 4.45. The van der Waals surface area contributed by atoms with E-state index in [1.165, 1.54) is 4.90 Å². The highest BCUT2D eigenvalue weighted by Crippen LogP contribution is 2.16. The minimum Gasteiger partial charge on any atom is -0.480 e. The first-order chi connectivity index (χ1) is 10.1. The summed E-state index contributed by atoms with van der Waals surface area (Å²) in [6, 6.07) is 15.5. The highest BCUT2D eigenvalue weighted by Gasteiger charge is 2.18. The van der Waals surface area contributed by atoms with Crippen molar-refractivity contribution in [2.24, 2.45) is 0 Å². The summed E-state index contributed by atoms with van der Waals surface area (Å²) in [6.07, 6.45) is 0. The number of amides is 2. The Morgan fingerprint density at radius 1 is 1.05 bits per heavy atom. The molecule has 5 nitrogen and oxygen atoms in total. The van der Waals surface area contributed by atoms with Crippen molar-refractivity contribution in [3.63, 3.8) is 0 Å². The van der Waals surface area contributed by atoms with Gasteiger partial charge >= 0.3 is 12.0 Å². The Hall–Kier alpha value is -2.09. The van der Waals surface area contributed by atoms with Gasteiger partial charge in [0.2, 0.25) is 0 Å². The zero-order valence-corrected chi connectivity index (χ0v) is 13.1. The zero-order chi connectivity index (χ0) is 15.2. The molecule has 0 saturated heterocycles. The number of urea groups is 1. The molecule has 0 aromatic heterocycles. The maximum Gasteiger partial charge on any atom is 0.326 e. The number of rotatable bonds is 4. The Morgan fingerprint density at radius 2 is 1.67 bits per heavy atom.